The van der Waals surface area contributed by atoms with Crippen molar-refractivity contribution in [3.8, 4) is 0 Å². The van der Waals surface area contributed by atoms with E-state index in [4.69, 9.17) is 11.6 Å². The molecule has 1 aromatic rings. The fourth-order valence-electron chi connectivity index (χ4n) is 1.08. The topological polar surface area (TPSA) is 25.8 Å². The Morgan fingerprint density at radius 3 is 2.45 bits per heavy atom. The SMILES string of the molecule is CCc1ncnc(Cl)c1CC. The summed E-state index contributed by atoms with van der Waals surface area (Å²) in [4.78, 5) is 8.05. The Bertz CT molecular complexity index is 248. The summed E-state index contributed by atoms with van der Waals surface area (Å²) in [6, 6.07) is 0. The summed E-state index contributed by atoms with van der Waals surface area (Å²) in [5.74, 6) is 0. The largest absolute Gasteiger partial charge is 0.241 e. The van der Waals surface area contributed by atoms with E-state index in [2.05, 4.69) is 23.8 Å². The van der Waals surface area contributed by atoms with Gasteiger partial charge < -0.3 is 0 Å². The van der Waals surface area contributed by atoms with Gasteiger partial charge in [0.2, 0.25) is 0 Å². The van der Waals surface area contributed by atoms with Crippen LogP contribution in [-0.4, -0.2) is 9.97 Å². The molecule has 60 valence electrons. The van der Waals surface area contributed by atoms with Gasteiger partial charge in [-0.1, -0.05) is 25.4 Å². The Morgan fingerprint density at radius 2 is 2.00 bits per heavy atom. The van der Waals surface area contributed by atoms with E-state index in [9.17, 15) is 0 Å². The highest BCUT2D eigenvalue weighted by atomic mass is 35.5. The van der Waals surface area contributed by atoms with Crippen LogP contribution in [0.2, 0.25) is 5.15 Å². The van der Waals surface area contributed by atoms with Crippen LogP contribution in [0.5, 0.6) is 0 Å². The van der Waals surface area contributed by atoms with Crippen LogP contribution in [-0.2, 0) is 12.8 Å². The lowest BCUT2D eigenvalue weighted by Crippen LogP contribution is -1.97. The fraction of sp³-hybridized carbons (Fsp3) is 0.500. The first-order chi connectivity index (χ1) is 5.29. The molecule has 1 aromatic heterocycles. The molecule has 1 rings (SSSR count). The Balaban J connectivity index is 3.13. The van der Waals surface area contributed by atoms with Gasteiger partial charge in [-0.05, 0) is 12.8 Å². The van der Waals surface area contributed by atoms with Crippen molar-refractivity contribution in [3.63, 3.8) is 0 Å². The number of halogens is 1. The van der Waals surface area contributed by atoms with E-state index in [-0.39, 0.29) is 0 Å². The van der Waals surface area contributed by atoms with Crippen LogP contribution < -0.4 is 0 Å². The highest BCUT2D eigenvalue weighted by Gasteiger charge is 2.04. The van der Waals surface area contributed by atoms with Gasteiger partial charge in [-0.25, -0.2) is 9.97 Å². The van der Waals surface area contributed by atoms with Gasteiger partial charge in [0, 0.05) is 11.3 Å². The maximum Gasteiger partial charge on any atom is 0.135 e. The third kappa shape index (κ3) is 1.69. The molecule has 0 fully saturated rings. The van der Waals surface area contributed by atoms with Crippen LogP contribution in [0, 0.1) is 0 Å². The normalized spacial score (nSPS) is 10.1. The number of hydrogen-bond acceptors (Lipinski definition) is 2. The lowest BCUT2D eigenvalue weighted by atomic mass is 10.1. The van der Waals surface area contributed by atoms with Crippen molar-refractivity contribution in [2.75, 3.05) is 0 Å². The Kier molecular flexibility index (Phi) is 2.83. The molecule has 0 aromatic carbocycles. The molecule has 0 atom stereocenters. The molecule has 0 amide bonds. The molecule has 2 nitrogen and oxygen atoms in total. The van der Waals surface area contributed by atoms with Crippen molar-refractivity contribution in [1.82, 2.24) is 9.97 Å². The molecule has 0 N–H and O–H groups in total. The van der Waals surface area contributed by atoms with Gasteiger partial charge in [0.15, 0.2) is 0 Å². The smallest absolute Gasteiger partial charge is 0.135 e. The molecular weight excluding hydrogens is 160 g/mol. The molecule has 0 saturated carbocycles. The molecule has 0 unspecified atom stereocenters. The molecule has 0 saturated heterocycles. The van der Waals surface area contributed by atoms with Gasteiger partial charge in [0.25, 0.3) is 0 Å². The summed E-state index contributed by atoms with van der Waals surface area (Å²) in [7, 11) is 0. The first-order valence-electron chi connectivity index (χ1n) is 3.77. The monoisotopic (exact) mass is 170 g/mol. The molecule has 0 bridgehead atoms. The molecule has 0 aliphatic carbocycles. The number of aryl methyl sites for hydroxylation is 1. The van der Waals surface area contributed by atoms with Crippen molar-refractivity contribution in [2.45, 2.75) is 26.7 Å². The molecule has 3 heteroatoms. The predicted octanol–water partition coefficient (Wildman–Crippen LogP) is 2.25. The van der Waals surface area contributed by atoms with Crippen molar-refractivity contribution in [3.05, 3.63) is 22.7 Å². The summed E-state index contributed by atoms with van der Waals surface area (Å²) in [6.07, 6.45) is 3.34. The summed E-state index contributed by atoms with van der Waals surface area (Å²) >= 11 is 5.86. The first kappa shape index (κ1) is 8.47. The van der Waals surface area contributed by atoms with Gasteiger partial charge in [-0.2, -0.15) is 0 Å². The van der Waals surface area contributed by atoms with Crippen molar-refractivity contribution < 1.29 is 0 Å². The Hall–Kier alpha value is -0.630. The quantitative estimate of drug-likeness (QED) is 0.637. The zero-order valence-electron chi connectivity index (χ0n) is 6.76. The van der Waals surface area contributed by atoms with Crippen LogP contribution in [0.4, 0.5) is 0 Å². The minimum absolute atomic E-state index is 0.597. The van der Waals surface area contributed by atoms with E-state index < -0.39 is 0 Å². The molecule has 0 aliphatic heterocycles. The van der Waals surface area contributed by atoms with Crippen LogP contribution in [0.1, 0.15) is 25.1 Å². The number of aromatic nitrogens is 2. The van der Waals surface area contributed by atoms with Crippen molar-refractivity contribution in [2.24, 2.45) is 0 Å². The molecule has 0 spiro atoms. The minimum Gasteiger partial charge on any atom is -0.241 e. The zero-order chi connectivity index (χ0) is 8.27. The maximum atomic E-state index is 5.86. The molecule has 0 aliphatic rings. The highest BCUT2D eigenvalue weighted by molar-refractivity contribution is 6.30. The third-order valence-electron chi connectivity index (χ3n) is 1.67. The van der Waals surface area contributed by atoms with E-state index in [0.717, 1.165) is 24.1 Å². The van der Waals surface area contributed by atoms with Crippen molar-refractivity contribution in [1.29, 1.82) is 0 Å². The summed E-state index contributed by atoms with van der Waals surface area (Å²) in [6.45, 7) is 4.13. The standard InChI is InChI=1S/C8H11ClN2/c1-3-6-7(4-2)10-5-11-8(6)9/h5H,3-4H2,1-2H3. The number of rotatable bonds is 2. The van der Waals surface area contributed by atoms with Crippen LogP contribution in [0.25, 0.3) is 0 Å². The minimum atomic E-state index is 0.597. The second-order valence-corrected chi connectivity index (χ2v) is 2.65. The van der Waals surface area contributed by atoms with E-state index in [1.807, 2.05) is 0 Å². The third-order valence-corrected chi connectivity index (χ3v) is 2.00. The number of nitrogens with zero attached hydrogens (tertiary/aromatic N) is 2. The Morgan fingerprint density at radius 1 is 1.27 bits per heavy atom. The van der Waals surface area contributed by atoms with E-state index in [1.165, 1.54) is 6.33 Å². The van der Waals surface area contributed by atoms with Gasteiger partial charge in [0.1, 0.15) is 11.5 Å². The van der Waals surface area contributed by atoms with E-state index >= 15 is 0 Å². The summed E-state index contributed by atoms with van der Waals surface area (Å²) < 4.78 is 0. The molecule has 1 heterocycles. The lowest BCUT2D eigenvalue weighted by molar-refractivity contribution is 0.930. The molecular formula is C8H11ClN2. The molecule has 0 radical (unpaired) electrons. The van der Waals surface area contributed by atoms with Crippen LogP contribution >= 0.6 is 11.6 Å². The predicted molar refractivity (Wildman–Crippen MR) is 45.8 cm³/mol. The Labute approximate surface area is 71.6 Å². The van der Waals surface area contributed by atoms with E-state index in [1.54, 1.807) is 0 Å². The van der Waals surface area contributed by atoms with E-state index in [0.29, 0.717) is 5.15 Å². The second kappa shape index (κ2) is 3.67. The first-order valence-corrected chi connectivity index (χ1v) is 4.15. The average molecular weight is 171 g/mol. The number of hydrogen-bond donors (Lipinski definition) is 0. The zero-order valence-corrected chi connectivity index (χ0v) is 7.52. The van der Waals surface area contributed by atoms with Crippen LogP contribution in [0.3, 0.4) is 0 Å². The van der Waals surface area contributed by atoms with Crippen LogP contribution in [0.15, 0.2) is 6.33 Å². The average Bonchev–Trinajstić information content (AvgIpc) is 2.04. The van der Waals surface area contributed by atoms with Crippen molar-refractivity contribution >= 4 is 11.6 Å². The maximum absolute atomic E-state index is 5.86. The summed E-state index contributed by atoms with van der Waals surface area (Å²) in [5, 5.41) is 0.597. The van der Waals surface area contributed by atoms with Gasteiger partial charge in [-0.15, -0.1) is 0 Å². The van der Waals surface area contributed by atoms with Gasteiger partial charge in [-0.3, -0.25) is 0 Å². The van der Waals surface area contributed by atoms with Gasteiger partial charge in [0.05, 0.1) is 0 Å². The second-order valence-electron chi connectivity index (χ2n) is 2.30. The molecule has 11 heavy (non-hydrogen) atoms. The fourth-order valence-corrected chi connectivity index (χ4v) is 1.37. The summed E-state index contributed by atoms with van der Waals surface area (Å²) in [5.41, 5.74) is 2.14. The lowest BCUT2D eigenvalue weighted by Gasteiger charge is -2.03. The van der Waals surface area contributed by atoms with Gasteiger partial charge >= 0.3 is 0 Å². The highest BCUT2D eigenvalue weighted by Crippen LogP contribution is 2.15.